The van der Waals surface area contributed by atoms with E-state index in [2.05, 4.69) is 16.7 Å². The van der Waals surface area contributed by atoms with Crippen molar-refractivity contribution in [1.82, 2.24) is 4.90 Å². The third-order valence-electron chi connectivity index (χ3n) is 3.28. The summed E-state index contributed by atoms with van der Waals surface area (Å²) in [5.41, 5.74) is 7.46. The Kier molecular flexibility index (Phi) is 5.87. The average molecular weight is 274 g/mol. The van der Waals surface area contributed by atoms with Gasteiger partial charge in [-0.3, -0.25) is 4.90 Å². The molecule has 0 atom stereocenters. The maximum Gasteiger partial charge on any atom is 0.122 e. The molecule has 0 aliphatic carbocycles. The average Bonchev–Trinajstić information content (AvgIpc) is 2.48. The van der Waals surface area contributed by atoms with Crippen molar-refractivity contribution in [3.05, 3.63) is 29.3 Å². The lowest BCUT2D eigenvalue weighted by molar-refractivity contribution is 0.0322. The van der Waals surface area contributed by atoms with E-state index in [0.29, 0.717) is 13.2 Å². The monoisotopic (exact) mass is 274 g/mol. The summed E-state index contributed by atoms with van der Waals surface area (Å²) in [6.07, 6.45) is 0. The van der Waals surface area contributed by atoms with Crippen molar-refractivity contribution >= 4 is 0 Å². The summed E-state index contributed by atoms with van der Waals surface area (Å²) in [7, 11) is 0. The van der Waals surface area contributed by atoms with Gasteiger partial charge >= 0.3 is 0 Å². The van der Waals surface area contributed by atoms with E-state index in [-0.39, 0.29) is 0 Å². The minimum Gasteiger partial charge on any atom is -0.492 e. The van der Waals surface area contributed by atoms with Crippen LogP contribution in [0.3, 0.4) is 0 Å². The van der Waals surface area contributed by atoms with Gasteiger partial charge in [-0.15, -0.1) is 0 Å². The highest BCUT2D eigenvalue weighted by Crippen LogP contribution is 2.18. The molecule has 1 aliphatic heterocycles. The van der Waals surface area contributed by atoms with E-state index in [9.17, 15) is 0 Å². The number of rotatable bonds is 4. The molecular weight excluding hydrogens is 252 g/mol. The Hall–Kier alpha value is -1.54. The molecular formula is C16H22N2O2. The Morgan fingerprint density at radius 3 is 2.85 bits per heavy atom. The van der Waals surface area contributed by atoms with Gasteiger partial charge in [0, 0.05) is 25.2 Å². The quantitative estimate of drug-likeness (QED) is 0.833. The predicted molar refractivity (Wildman–Crippen MR) is 79.9 cm³/mol. The van der Waals surface area contributed by atoms with Crippen LogP contribution >= 0.6 is 0 Å². The zero-order valence-electron chi connectivity index (χ0n) is 12.0. The summed E-state index contributed by atoms with van der Waals surface area (Å²) in [6.45, 7) is 7.72. The number of aryl methyl sites for hydroxylation is 1. The Morgan fingerprint density at radius 1 is 1.35 bits per heavy atom. The van der Waals surface area contributed by atoms with Gasteiger partial charge in [0.15, 0.2) is 0 Å². The number of benzene rings is 1. The van der Waals surface area contributed by atoms with Gasteiger partial charge < -0.3 is 15.2 Å². The topological polar surface area (TPSA) is 47.7 Å². The highest BCUT2D eigenvalue weighted by Gasteiger charge is 2.10. The van der Waals surface area contributed by atoms with Crippen molar-refractivity contribution in [3.63, 3.8) is 0 Å². The van der Waals surface area contributed by atoms with Crippen molar-refractivity contribution in [2.24, 2.45) is 5.73 Å². The summed E-state index contributed by atoms with van der Waals surface area (Å²) >= 11 is 0. The number of hydrogen-bond acceptors (Lipinski definition) is 4. The third kappa shape index (κ3) is 4.53. The van der Waals surface area contributed by atoms with Crippen LogP contribution in [0.4, 0.5) is 0 Å². The largest absolute Gasteiger partial charge is 0.492 e. The fourth-order valence-corrected chi connectivity index (χ4v) is 2.15. The minimum atomic E-state index is 0.386. The fourth-order valence-electron chi connectivity index (χ4n) is 2.15. The van der Waals surface area contributed by atoms with Crippen LogP contribution in [0.15, 0.2) is 18.2 Å². The van der Waals surface area contributed by atoms with Crippen molar-refractivity contribution in [2.45, 2.75) is 6.92 Å². The summed E-state index contributed by atoms with van der Waals surface area (Å²) in [4.78, 5) is 2.36. The highest BCUT2D eigenvalue weighted by molar-refractivity contribution is 5.43. The standard InChI is InChI=1S/C16H22N2O2/c1-14-13-15(3-2-6-17)4-5-16(14)20-12-9-18-7-10-19-11-8-18/h4-5,13H,6-12,17H2,1H3. The molecule has 4 heteroatoms. The highest BCUT2D eigenvalue weighted by atomic mass is 16.5. The van der Waals surface area contributed by atoms with Gasteiger partial charge in [0.05, 0.1) is 19.8 Å². The van der Waals surface area contributed by atoms with E-state index in [4.69, 9.17) is 15.2 Å². The van der Waals surface area contributed by atoms with E-state index >= 15 is 0 Å². The predicted octanol–water partition coefficient (Wildman–Crippen LogP) is 1.02. The molecule has 1 aliphatic rings. The minimum absolute atomic E-state index is 0.386. The zero-order chi connectivity index (χ0) is 14.2. The van der Waals surface area contributed by atoms with Crippen molar-refractivity contribution in [1.29, 1.82) is 0 Å². The Bertz CT molecular complexity index is 485. The molecule has 0 spiro atoms. The van der Waals surface area contributed by atoms with E-state index < -0.39 is 0 Å². The third-order valence-corrected chi connectivity index (χ3v) is 3.28. The van der Waals surface area contributed by atoms with Crippen molar-refractivity contribution in [2.75, 3.05) is 46.0 Å². The van der Waals surface area contributed by atoms with E-state index in [1.165, 1.54) is 0 Å². The van der Waals surface area contributed by atoms with Gasteiger partial charge in [0.1, 0.15) is 12.4 Å². The first-order chi connectivity index (χ1) is 9.79. The fraction of sp³-hybridized carbons (Fsp3) is 0.500. The van der Waals surface area contributed by atoms with Crippen LogP contribution in [-0.2, 0) is 4.74 Å². The van der Waals surface area contributed by atoms with Gasteiger partial charge in [-0.2, -0.15) is 0 Å². The van der Waals surface area contributed by atoms with Gasteiger partial charge in [-0.25, -0.2) is 0 Å². The van der Waals surface area contributed by atoms with E-state index in [0.717, 1.165) is 49.7 Å². The van der Waals surface area contributed by atoms with Crippen LogP contribution in [0.2, 0.25) is 0 Å². The van der Waals surface area contributed by atoms with Gasteiger partial charge in [0.25, 0.3) is 0 Å². The summed E-state index contributed by atoms with van der Waals surface area (Å²) < 4.78 is 11.2. The summed E-state index contributed by atoms with van der Waals surface area (Å²) in [5.74, 6) is 6.81. The molecule has 1 aromatic carbocycles. The van der Waals surface area contributed by atoms with Crippen LogP contribution in [0.25, 0.3) is 0 Å². The maximum atomic E-state index is 5.84. The Morgan fingerprint density at radius 2 is 2.15 bits per heavy atom. The molecule has 0 bridgehead atoms. The second-order valence-corrected chi connectivity index (χ2v) is 4.79. The Labute approximate surface area is 120 Å². The lowest BCUT2D eigenvalue weighted by Gasteiger charge is -2.26. The number of nitrogens with two attached hydrogens (primary N) is 1. The van der Waals surface area contributed by atoms with Gasteiger partial charge in [0.2, 0.25) is 0 Å². The lowest BCUT2D eigenvalue weighted by atomic mass is 10.1. The molecule has 4 nitrogen and oxygen atoms in total. The molecule has 0 unspecified atom stereocenters. The lowest BCUT2D eigenvalue weighted by Crippen LogP contribution is -2.38. The van der Waals surface area contributed by atoms with Gasteiger partial charge in [-0.05, 0) is 30.7 Å². The van der Waals surface area contributed by atoms with Crippen molar-refractivity contribution in [3.8, 4) is 17.6 Å². The first-order valence-corrected chi connectivity index (χ1v) is 7.02. The smallest absolute Gasteiger partial charge is 0.122 e. The normalized spacial score (nSPS) is 15.5. The second kappa shape index (κ2) is 7.91. The molecule has 1 saturated heterocycles. The van der Waals surface area contributed by atoms with Crippen LogP contribution in [-0.4, -0.2) is 50.9 Å². The SMILES string of the molecule is Cc1cc(C#CCN)ccc1OCCN1CCOCC1. The van der Waals surface area contributed by atoms with E-state index in [1.54, 1.807) is 0 Å². The zero-order valence-corrected chi connectivity index (χ0v) is 12.0. The molecule has 1 fully saturated rings. The molecule has 2 rings (SSSR count). The summed E-state index contributed by atoms with van der Waals surface area (Å²) in [5, 5.41) is 0. The molecule has 108 valence electrons. The number of hydrogen-bond donors (Lipinski definition) is 1. The number of morpholine rings is 1. The molecule has 1 aromatic rings. The van der Waals surface area contributed by atoms with Crippen LogP contribution in [0.1, 0.15) is 11.1 Å². The number of ether oxygens (including phenoxy) is 2. The number of nitrogens with zero attached hydrogens (tertiary/aromatic N) is 1. The first kappa shape index (κ1) is 14.9. The second-order valence-electron chi connectivity index (χ2n) is 4.79. The maximum absolute atomic E-state index is 5.84. The van der Waals surface area contributed by atoms with Crippen LogP contribution in [0.5, 0.6) is 5.75 Å². The first-order valence-electron chi connectivity index (χ1n) is 7.02. The molecule has 0 radical (unpaired) electrons. The molecule has 0 aromatic heterocycles. The van der Waals surface area contributed by atoms with Crippen LogP contribution < -0.4 is 10.5 Å². The van der Waals surface area contributed by atoms with E-state index in [1.807, 2.05) is 25.1 Å². The molecule has 0 saturated carbocycles. The summed E-state index contributed by atoms with van der Waals surface area (Å²) in [6, 6.07) is 5.99. The van der Waals surface area contributed by atoms with Crippen molar-refractivity contribution < 1.29 is 9.47 Å². The van der Waals surface area contributed by atoms with Crippen LogP contribution in [0, 0.1) is 18.8 Å². The Balaban J connectivity index is 1.83. The van der Waals surface area contributed by atoms with Gasteiger partial charge in [-0.1, -0.05) is 11.8 Å². The molecule has 1 heterocycles. The molecule has 0 amide bonds. The molecule has 20 heavy (non-hydrogen) atoms. The molecule has 2 N–H and O–H groups in total.